The van der Waals surface area contributed by atoms with Crippen LogP contribution in [0.15, 0.2) is 64.6 Å². The Hall–Kier alpha value is -3.50. The predicted molar refractivity (Wildman–Crippen MR) is 119 cm³/mol. The summed E-state index contributed by atoms with van der Waals surface area (Å²) in [5.74, 6) is -1.57. The second-order valence-corrected chi connectivity index (χ2v) is 8.01. The molecular weight excluding hydrogens is 458 g/mol. The molecule has 0 aliphatic heterocycles. The number of nitrogens with one attached hydrogen (secondary N) is 3. The Bertz CT molecular complexity index is 1260. The summed E-state index contributed by atoms with van der Waals surface area (Å²) in [7, 11) is 0. The molecule has 2 aromatic heterocycles. The first-order valence-electron chi connectivity index (χ1n) is 9.24. The van der Waals surface area contributed by atoms with Gasteiger partial charge in [-0.1, -0.05) is 17.7 Å². The Balaban J connectivity index is 1.45. The SMILES string of the molecule is Cc1cc(Nc2cc(Cl)nc(Sc3ccc(NC(=O)c4c(F)cccc4F)cc3)n2)[nH]n1. The predicted octanol–water partition coefficient (Wildman–Crippen LogP) is 5.59. The van der Waals surface area contributed by atoms with Crippen LogP contribution in [0.4, 0.5) is 26.1 Å². The van der Waals surface area contributed by atoms with Gasteiger partial charge in [0.25, 0.3) is 5.91 Å². The largest absolute Gasteiger partial charge is 0.325 e. The molecule has 0 saturated carbocycles. The van der Waals surface area contributed by atoms with Gasteiger partial charge in [-0.2, -0.15) is 5.10 Å². The van der Waals surface area contributed by atoms with Gasteiger partial charge in [-0.05, 0) is 55.1 Å². The number of H-pyrrole nitrogens is 1. The first kappa shape index (κ1) is 21.7. The Labute approximate surface area is 190 Å². The molecule has 4 rings (SSSR count). The van der Waals surface area contributed by atoms with E-state index in [1.807, 2.05) is 13.0 Å². The number of amides is 1. The highest BCUT2D eigenvalue weighted by Gasteiger charge is 2.17. The highest BCUT2D eigenvalue weighted by molar-refractivity contribution is 7.99. The molecule has 1 amide bonds. The molecule has 0 aliphatic carbocycles. The van der Waals surface area contributed by atoms with Crippen molar-refractivity contribution in [1.82, 2.24) is 20.2 Å². The molecule has 0 radical (unpaired) electrons. The number of hydrogen-bond acceptors (Lipinski definition) is 6. The number of carbonyl (C=O) groups excluding carboxylic acids is 1. The fourth-order valence-electron chi connectivity index (χ4n) is 2.75. The number of rotatable bonds is 6. The molecule has 7 nitrogen and oxygen atoms in total. The van der Waals surface area contributed by atoms with E-state index in [2.05, 4.69) is 30.8 Å². The fourth-order valence-corrected chi connectivity index (χ4v) is 3.75. The smallest absolute Gasteiger partial charge is 0.261 e. The topological polar surface area (TPSA) is 95.6 Å². The van der Waals surface area contributed by atoms with E-state index in [1.54, 1.807) is 30.3 Å². The normalized spacial score (nSPS) is 10.8. The molecule has 162 valence electrons. The lowest BCUT2D eigenvalue weighted by Gasteiger charge is -2.08. The van der Waals surface area contributed by atoms with E-state index in [4.69, 9.17) is 11.6 Å². The molecule has 3 N–H and O–H groups in total. The van der Waals surface area contributed by atoms with Crippen LogP contribution in [0, 0.1) is 18.6 Å². The summed E-state index contributed by atoms with van der Waals surface area (Å²) in [6.07, 6.45) is 0. The average molecular weight is 473 g/mol. The van der Waals surface area contributed by atoms with Crippen molar-refractivity contribution < 1.29 is 13.6 Å². The van der Waals surface area contributed by atoms with E-state index in [-0.39, 0.29) is 5.15 Å². The maximum Gasteiger partial charge on any atom is 0.261 e. The van der Waals surface area contributed by atoms with E-state index < -0.39 is 23.1 Å². The number of benzene rings is 2. The third-order valence-corrected chi connectivity index (χ3v) is 5.22. The Morgan fingerprint density at radius 1 is 1.06 bits per heavy atom. The van der Waals surface area contributed by atoms with Crippen molar-refractivity contribution in [2.45, 2.75) is 17.0 Å². The lowest BCUT2D eigenvalue weighted by Crippen LogP contribution is -2.15. The highest BCUT2D eigenvalue weighted by Crippen LogP contribution is 2.29. The number of carbonyl (C=O) groups is 1. The molecule has 0 aliphatic rings. The molecular formula is C21H15ClF2N6OS. The van der Waals surface area contributed by atoms with Crippen molar-refractivity contribution in [1.29, 1.82) is 0 Å². The van der Waals surface area contributed by atoms with Crippen molar-refractivity contribution in [2.24, 2.45) is 0 Å². The Kier molecular flexibility index (Phi) is 6.33. The van der Waals surface area contributed by atoms with Crippen LogP contribution in [0.25, 0.3) is 0 Å². The van der Waals surface area contributed by atoms with Gasteiger partial charge in [0.05, 0.1) is 5.69 Å². The van der Waals surface area contributed by atoms with Gasteiger partial charge in [-0.15, -0.1) is 0 Å². The van der Waals surface area contributed by atoms with Crippen LogP contribution in [0.1, 0.15) is 16.1 Å². The molecule has 11 heteroatoms. The second kappa shape index (κ2) is 9.33. The monoisotopic (exact) mass is 472 g/mol. The number of halogens is 3. The van der Waals surface area contributed by atoms with E-state index in [0.29, 0.717) is 22.5 Å². The van der Waals surface area contributed by atoms with Gasteiger partial charge < -0.3 is 10.6 Å². The summed E-state index contributed by atoms with van der Waals surface area (Å²) in [5.41, 5.74) is 0.573. The van der Waals surface area contributed by atoms with Crippen LogP contribution in [0.2, 0.25) is 5.15 Å². The molecule has 0 unspecified atom stereocenters. The number of aryl methyl sites for hydroxylation is 1. The van der Waals surface area contributed by atoms with Gasteiger partial charge >= 0.3 is 0 Å². The number of anilines is 3. The zero-order valence-corrected chi connectivity index (χ0v) is 18.1. The van der Waals surface area contributed by atoms with E-state index in [1.165, 1.54) is 17.8 Å². The van der Waals surface area contributed by atoms with Crippen LogP contribution < -0.4 is 10.6 Å². The van der Waals surface area contributed by atoms with E-state index >= 15 is 0 Å². The van der Waals surface area contributed by atoms with Crippen LogP contribution in [-0.2, 0) is 0 Å². The van der Waals surface area contributed by atoms with Gasteiger partial charge in [0.15, 0.2) is 5.16 Å². The van der Waals surface area contributed by atoms with E-state index in [0.717, 1.165) is 22.7 Å². The third-order valence-electron chi connectivity index (χ3n) is 4.15. The Morgan fingerprint density at radius 3 is 2.44 bits per heavy atom. The summed E-state index contributed by atoms with van der Waals surface area (Å²) in [5, 5.41) is 13.1. The molecule has 0 fully saturated rings. The first-order valence-corrected chi connectivity index (χ1v) is 10.4. The Morgan fingerprint density at radius 2 is 1.78 bits per heavy atom. The zero-order chi connectivity index (χ0) is 22.7. The lowest BCUT2D eigenvalue weighted by molar-refractivity contribution is 0.101. The van der Waals surface area contributed by atoms with Crippen LogP contribution in [0.5, 0.6) is 0 Å². The van der Waals surface area contributed by atoms with Crippen LogP contribution in [-0.4, -0.2) is 26.1 Å². The minimum absolute atomic E-state index is 0.261. The molecule has 4 aromatic rings. The van der Waals surface area contributed by atoms with Gasteiger partial charge in [-0.3, -0.25) is 9.89 Å². The minimum atomic E-state index is -0.928. The molecule has 0 bridgehead atoms. The van der Waals surface area contributed by atoms with Gasteiger partial charge in [0.2, 0.25) is 0 Å². The maximum absolute atomic E-state index is 13.8. The quantitative estimate of drug-likeness (QED) is 0.250. The summed E-state index contributed by atoms with van der Waals surface area (Å²) in [6.45, 7) is 1.86. The van der Waals surface area contributed by atoms with Gasteiger partial charge in [-0.25, -0.2) is 18.7 Å². The number of aromatic nitrogens is 4. The van der Waals surface area contributed by atoms with Crippen molar-refractivity contribution in [3.8, 4) is 0 Å². The maximum atomic E-state index is 13.8. The fraction of sp³-hybridized carbons (Fsp3) is 0.0476. The lowest BCUT2D eigenvalue weighted by atomic mass is 10.2. The van der Waals surface area contributed by atoms with Crippen LogP contribution >= 0.6 is 23.4 Å². The van der Waals surface area contributed by atoms with Crippen molar-refractivity contribution >= 4 is 46.6 Å². The number of aromatic amines is 1. The molecule has 0 atom stereocenters. The molecule has 0 saturated heterocycles. The third kappa shape index (κ3) is 5.21. The van der Waals surface area contributed by atoms with Gasteiger partial charge in [0, 0.05) is 22.7 Å². The first-order chi connectivity index (χ1) is 15.4. The second-order valence-electron chi connectivity index (χ2n) is 6.58. The standard InChI is InChI=1S/C21H15ClF2N6OS/c1-11-9-18(30-29-11)27-17-10-16(22)26-21(28-17)32-13-7-5-12(6-8-13)25-20(31)19-14(23)3-2-4-15(19)24/h2-10H,1H3,(H,25,31)(H2,26,27,28,29,30). The highest BCUT2D eigenvalue weighted by atomic mass is 35.5. The molecule has 32 heavy (non-hydrogen) atoms. The average Bonchev–Trinajstić information content (AvgIpc) is 3.13. The summed E-state index contributed by atoms with van der Waals surface area (Å²) < 4.78 is 27.5. The zero-order valence-electron chi connectivity index (χ0n) is 16.5. The molecule has 2 heterocycles. The number of hydrogen-bond donors (Lipinski definition) is 3. The number of nitrogens with zero attached hydrogens (tertiary/aromatic N) is 3. The van der Waals surface area contributed by atoms with Gasteiger partial charge in [0.1, 0.15) is 34.0 Å². The van der Waals surface area contributed by atoms with Crippen LogP contribution in [0.3, 0.4) is 0 Å². The van der Waals surface area contributed by atoms with E-state index in [9.17, 15) is 13.6 Å². The molecule has 2 aromatic carbocycles. The molecule has 0 spiro atoms. The van der Waals surface area contributed by atoms with Crippen molar-refractivity contribution in [2.75, 3.05) is 10.6 Å². The summed E-state index contributed by atoms with van der Waals surface area (Å²) in [6, 6.07) is 13.3. The van der Waals surface area contributed by atoms with Crippen molar-refractivity contribution in [3.05, 3.63) is 82.6 Å². The summed E-state index contributed by atoms with van der Waals surface area (Å²) >= 11 is 7.37. The van der Waals surface area contributed by atoms with Crippen molar-refractivity contribution in [3.63, 3.8) is 0 Å². The summed E-state index contributed by atoms with van der Waals surface area (Å²) in [4.78, 5) is 21.6. The minimum Gasteiger partial charge on any atom is -0.325 e.